The monoisotopic (exact) mass is 389 g/mol. The Morgan fingerprint density at radius 2 is 1.86 bits per heavy atom. The minimum absolute atomic E-state index is 0.0153. The van der Waals surface area contributed by atoms with E-state index < -0.39 is 4.92 Å². The molecule has 29 heavy (non-hydrogen) atoms. The maximum Gasteiger partial charge on any atom is 0.269 e. The van der Waals surface area contributed by atoms with Crippen LogP contribution in [0.25, 0.3) is 10.8 Å². The molecule has 0 radical (unpaired) electrons. The van der Waals surface area contributed by atoms with Gasteiger partial charge in [-0.1, -0.05) is 48.5 Å². The third kappa shape index (κ3) is 3.94. The number of nitrogens with one attached hydrogen (secondary N) is 1. The van der Waals surface area contributed by atoms with Gasteiger partial charge < -0.3 is 10.1 Å². The third-order valence-electron chi connectivity index (χ3n) is 4.91. The molecule has 3 aromatic carbocycles. The fourth-order valence-corrected chi connectivity index (χ4v) is 3.45. The molecule has 3 aromatic rings. The highest BCUT2D eigenvalue weighted by atomic mass is 16.6. The van der Waals surface area contributed by atoms with E-state index in [0.29, 0.717) is 24.6 Å². The Morgan fingerprint density at radius 3 is 2.59 bits per heavy atom. The summed E-state index contributed by atoms with van der Waals surface area (Å²) in [4.78, 5) is 27.7. The van der Waals surface area contributed by atoms with E-state index in [4.69, 9.17) is 4.74 Å². The number of non-ortho nitro benzene ring substituents is 1. The number of nitro groups is 1. The number of hydrogen-bond donors (Lipinski definition) is 1. The van der Waals surface area contributed by atoms with Gasteiger partial charge in [0.1, 0.15) is 6.61 Å². The number of ether oxygens (including phenoxy) is 1. The van der Waals surface area contributed by atoms with Crippen LogP contribution in [-0.4, -0.2) is 36.4 Å². The van der Waals surface area contributed by atoms with Gasteiger partial charge in [0.05, 0.1) is 17.4 Å². The Kier molecular flexibility index (Phi) is 5.20. The van der Waals surface area contributed by atoms with Crippen molar-refractivity contribution >= 4 is 28.3 Å². The van der Waals surface area contributed by atoms with Gasteiger partial charge in [-0.05, 0) is 22.4 Å². The van der Waals surface area contributed by atoms with Crippen molar-refractivity contribution in [2.75, 3.05) is 19.7 Å². The van der Waals surface area contributed by atoms with Crippen LogP contribution in [0.3, 0.4) is 0 Å². The zero-order valence-electron chi connectivity index (χ0n) is 15.6. The summed E-state index contributed by atoms with van der Waals surface area (Å²) in [5.74, 6) is 0.0432. The molecule has 1 amide bonds. The molecule has 1 aliphatic heterocycles. The fraction of sp³-hybridized carbons (Fsp3) is 0.182. The predicted octanol–water partition coefficient (Wildman–Crippen LogP) is 3.69. The Bertz CT molecular complexity index is 1090. The van der Waals surface area contributed by atoms with Crippen LogP contribution in [0.1, 0.15) is 21.8 Å². The van der Waals surface area contributed by atoms with E-state index in [1.807, 2.05) is 36.4 Å². The first-order chi connectivity index (χ1) is 14.1. The molecule has 1 N–H and O–H groups in total. The van der Waals surface area contributed by atoms with Crippen LogP contribution in [0, 0.1) is 10.1 Å². The number of carbonyl (C=O) groups excluding carboxylic acids is 1. The maximum atomic E-state index is 12.9. The number of carbonyl (C=O) groups is 1. The molecule has 0 aliphatic carbocycles. The highest BCUT2D eigenvalue weighted by Crippen LogP contribution is 2.24. The van der Waals surface area contributed by atoms with Crippen molar-refractivity contribution in [2.24, 2.45) is 4.99 Å². The molecule has 7 nitrogen and oxygen atoms in total. The summed E-state index contributed by atoms with van der Waals surface area (Å²) in [6.45, 7) is 1.34. The minimum atomic E-state index is -0.440. The van der Waals surface area contributed by atoms with Gasteiger partial charge in [-0.2, -0.15) is 0 Å². The molecule has 0 spiro atoms. The number of nitrogens with zero attached hydrogens (tertiary/aromatic N) is 2. The topological polar surface area (TPSA) is 93.8 Å². The van der Waals surface area contributed by atoms with E-state index in [-0.39, 0.29) is 24.1 Å². The first-order valence-corrected chi connectivity index (χ1v) is 9.31. The maximum absolute atomic E-state index is 12.9. The van der Waals surface area contributed by atoms with Gasteiger partial charge in [0, 0.05) is 24.2 Å². The van der Waals surface area contributed by atoms with E-state index >= 15 is 0 Å². The SMILES string of the molecule is O=C(NCC(C1=NCCO1)c1ccc([N+](=O)[O-])cc1)c1cccc2ccccc12. The molecule has 4 rings (SSSR count). The first kappa shape index (κ1) is 18.6. The second-order valence-corrected chi connectivity index (χ2v) is 6.71. The van der Waals surface area contributed by atoms with Crippen molar-refractivity contribution in [3.8, 4) is 0 Å². The summed E-state index contributed by atoms with van der Waals surface area (Å²) in [6.07, 6.45) is 0. The summed E-state index contributed by atoms with van der Waals surface area (Å²) >= 11 is 0. The van der Waals surface area contributed by atoms with Crippen molar-refractivity contribution in [1.82, 2.24) is 5.32 Å². The number of benzene rings is 3. The number of aliphatic imine (C=N–C) groups is 1. The summed E-state index contributed by atoms with van der Waals surface area (Å²) in [6, 6.07) is 19.6. The number of hydrogen-bond acceptors (Lipinski definition) is 5. The highest BCUT2D eigenvalue weighted by molar-refractivity contribution is 6.07. The summed E-state index contributed by atoms with van der Waals surface area (Å²) in [5, 5.41) is 15.8. The van der Waals surface area contributed by atoms with E-state index in [1.54, 1.807) is 18.2 Å². The number of amides is 1. The molecule has 1 heterocycles. The van der Waals surface area contributed by atoms with Gasteiger partial charge in [-0.25, -0.2) is 0 Å². The van der Waals surface area contributed by atoms with Gasteiger partial charge in [-0.3, -0.25) is 19.9 Å². The second kappa shape index (κ2) is 8.10. The van der Waals surface area contributed by atoms with Gasteiger partial charge in [-0.15, -0.1) is 0 Å². The van der Waals surface area contributed by atoms with Gasteiger partial charge in [0.25, 0.3) is 11.6 Å². The second-order valence-electron chi connectivity index (χ2n) is 6.71. The minimum Gasteiger partial charge on any atom is -0.479 e. The normalized spacial score (nSPS) is 14.1. The molecule has 0 bridgehead atoms. The van der Waals surface area contributed by atoms with Crippen LogP contribution < -0.4 is 5.32 Å². The Labute approximate surface area is 167 Å². The van der Waals surface area contributed by atoms with Crippen molar-refractivity contribution in [3.05, 3.63) is 88.0 Å². The highest BCUT2D eigenvalue weighted by Gasteiger charge is 2.24. The van der Waals surface area contributed by atoms with Crippen LogP contribution in [0.5, 0.6) is 0 Å². The third-order valence-corrected chi connectivity index (χ3v) is 4.91. The molecule has 146 valence electrons. The van der Waals surface area contributed by atoms with Crippen LogP contribution in [-0.2, 0) is 4.74 Å². The predicted molar refractivity (Wildman–Crippen MR) is 110 cm³/mol. The molecule has 0 saturated heterocycles. The molecule has 0 saturated carbocycles. The Morgan fingerprint density at radius 1 is 1.10 bits per heavy atom. The van der Waals surface area contributed by atoms with E-state index in [1.165, 1.54) is 12.1 Å². The van der Waals surface area contributed by atoms with Gasteiger partial charge in [0.2, 0.25) is 0 Å². The molecular weight excluding hydrogens is 370 g/mol. The van der Waals surface area contributed by atoms with E-state index in [2.05, 4.69) is 10.3 Å². The van der Waals surface area contributed by atoms with Crippen LogP contribution in [0.4, 0.5) is 5.69 Å². The quantitative estimate of drug-likeness (QED) is 0.514. The largest absolute Gasteiger partial charge is 0.479 e. The lowest BCUT2D eigenvalue weighted by molar-refractivity contribution is -0.384. The van der Waals surface area contributed by atoms with Crippen molar-refractivity contribution in [2.45, 2.75) is 5.92 Å². The lowest BCUT2D eigenvalue weighted by Crippen LogP contribution is -2.32. The average molecular weight is 389 g/mol. The molecule has 1 aliphatic rings. The zero-order chi connectivity index (χ0) is 20.2. The van der Waals surface area contributed by atoms with Gasteiger partial charge in [0.15, 0.2) is 5.90 Å². The smallest absolute Gasteiger partial charge is 0.269 e. The Balaban J connectivity index is 1.56. The zero-order valence-corrected chi connectivity index (χ0v) is 15.6. The number of rotatable bonds is 6. The molecule has 7 heteroatoms. The first-order valence-electron chi connectivity index (χ1n) is 9.31. The lowest BCUT2D eigenvalue weighted by atomic mass is 9.98. The van der Waals surface area contributed by atoms with Crippen molar-refractivity contribution in [1.29, 1.82) is 0 Å². The average Bonchev–Trinajstić information content (AvgIpc) is 3.28. The van der Waals surface area contributed by atoms with E-state index in [0.717, 1.165) is 16.3 Å². The molecule has 1 atom stereocenters. The summed E-state index contributed by atoms with van der Waals surface area (Å²) in [5.41, 5.74) is 1.41. The van der Waals surface area contributed by atoms with Crippen molar-refractivity contribution in [3.63, 3.8) is 0 Å². The molecule has 1 unspecified atom stereocenters. The molecular formula is C22H19N3O4. The molecule has 0 fully saturated rings. The lowest BCUT2D eigenvalue weighted by Gasteiger charge is -2.18. The number of nitro benzene ring substituents is 1. The standard InChI is InChI=1S/C22H19N3O4/c26-21(19-7-3-5-15-4-1-2-6-18(15)19)24-14-20(22-23-12-13-29-22)16-8-10-17(11-9-16)25(27)28/h1-11,20H,12-14H2,(H,24,26). The van der Waals surface area contributed by atoms with Crippen LogP contribution >= 0.6 is 0 Å². The fourth-order valence-electron chi connectivity index (χ4n) is 3.45. The number of fused-ring (bicyclic) bond motifs is 1. The molecule has 0 aromatic heterocycles. The van der Waals surface area contributed by atoms with Gasteiger partial charge >= 0.3 is 0 Å². The summed E-state index contributed by atoms with van der Waals surface area (Å²) in [7, 11) is 0. The Hall–Kier alpha value is -3.74. The van der Waals surface area contributed by atoms with E-state index in [9.17, 15) is 14.9 Å². The van der Waals surface area contributed by atoms with Crippen molar-refractivity contribution < 1.29 is 14.5 Å². The summed E-state index contributed by atoms with van der Waals surface area (Å²) < 4.78 is 5.62. The van der Waals surface area contributed by atoms with Crippen LogP contribution in [0.15, 0.2) is 71.7 Å². The van der Waals surface area contributed by atoms with Crippen LogP contribution in [0.2, 0.25) is 0 Å².